The summed E-state index contributed by atoms with van der Waals surface area (Å²) in [5.41, 5.74) is 8.83. The van der Waals surface area contributed by atoms with Gasteiger partial charge in [0.2, 0.25) is 0 Å². The first-order valence-electron chi connectivity index (χ1n) is 7.22. The minimum atomic E-state index is 0.0241. The first kappa shape index (κ1) is 13.2. The van der Waals surface area contributed by atoms with Crippen LogP contribution in [-0.2, 0) is 0 Å². The number of benzene rings is 1. The summed E-state index contributed by atoms with van der Waals surface area (Å²) in [6, 6.07) is 7.84. The summed E-state index contributed by atoms with van der Waals surface area (Å²) in [4.78, 5) is 4.30. The van der Waals surface area contributed by atoms with Crippen molar-refractivity contribution >= 4 is 22.3 Å². The average molecular weight is 271 g/mol. The topological polar surface area (TPSA) is 71.2 Å². The summed E-state index contributed by atoms with van der Waals surface area (Å²) in [6.07, 6.45) is 6.37. The Bertz CT molecular complexity index is 606. The van der Waals surface area contributed by atoms with Crippen LogP contribution in [-0.4, -0.2) is 23.2 Å². The zero-order valence-corrected chi connectivity index (χ0v) is 11.6. The number of nitrogen functional groups attached to an aromatic ring is 1. The minimum absolute atomic E-state index is 0.0241. The average Bonchev–Trinajstić information content (AvgIpc) is 2.96. The second-order valence-electron chi connectivity index (χ2n) is 5.82. The van der Waals surface area contributed by atoms with Crippen LogP contribution >= 0.6 is 0 Å². The number of nitrogens with one attached hydrogen (secondary N) is 1. The third-order valence-corrected chi connectivity index (χ3v) is 4.48. The van der Waals surface area contributed by atoms with Crippen LogP contribution in [0.2, 0.25) is 0 Å². The highest BCUT2D eigenvalue weighted by molar-refractivity contribution is 5.96. The lowest BCUT2D eigenvalue weighted by atomic mass is 9.87. The highest BCUT2D eigenvalue weighted by Crippen LogP contribution is 2.38. The Kier molecular flexibility index (Phi) is 3.49. The molecule has 4 nitrogen and oxygen atoms in total. The van der Waals surface area contributed by atoms with Gasteiger partial charge in [-0.2, -0.15) is 0 Å². The maximum absolute atomic E-state index is 9.65. The van der Waals surface area contributed by atoms with Gasteiger partial charge in [-0.25, -0.2) is 0 Å². The van der Waals surface area contributed by atoms with Crippen molar-refractivity contribution < 1.29 is 5.11 Å². The van der Waals surface area contributed by atoms with E-state index in [1.807, 2.05) is 24.3 Å². The molecule has 0 radical (unpaired) electrons. The van der Waals surface area contributed by atoms with E-state index in [4.69, 9.17) is 5.73 Å². The largest absolute Gasteiger partial charge is 0.397 e. The van der Waals surface area contributed by atoms with Crippen LogP contribution in [0.25, 0.3) is 10.9 Å². The molecule has 4 N–H and O–H groups in total. The second-order valence-corrected chi connectivity index (χ2v) is 5.82. The number of nitrogens with zero attached hydrogens (tertiary/aromatic N) is 1. The van der Waals surface area contributed by atoms with Gasteiger partial charge in [0.25, 0.3) is 0 Å². The Labute approximate surface area is 119 Å². The lowest BCUT2D eigenvalue weighted by Crippen LogP contribution is -2.30. The molecule has 0 saturated heterocycles. The molecular formula is C16H21N3O. The Hall–Kier alpha value is -1.81. The molecule has 1 fully saturated rings. The van der Waals surface area contributed by atoms with Gasteiger partial charge in [0.05, 0.1) is 23.5 Å². The van der Waals surface area contributed by atoms with Gasteiger partial charge in [0.1, 0.15) is 0 Å². The van der Waals surface area contributed by atoms with Gasteiger partial charge in [0.15, 0.2) is 0 Å². The first-order valence-corrected chi connectivity index (χ1v) is 7.22. The van der Waals surface area contributed by atoms with Gasteiger partial charge in [-0.05, 0) is 37.1 Å². The smallest absolute Gasteiger partial charge is 0.0724 e. The van der Waals surface area contributed by atoms with Crippen molar-refractivity contribution in [1.82, 2.24) is 4.98 Å². The van der Waals surface area contributed by atoms with Crippen molar-refractivity contribution in [3.8, 4) is 0 Å². The summed E-state index contributed by atoms with van der Waals surface area (Å²) < 4.78 is 0. The molecule has 0 atom stereocenters. The summed E-state index contributed by atoms with van der Waals surface area (Å²) in [6.45, 7) is 1.02. The van der Waals surface area contributed by atoms with Crippen molar-refractivity contribution in [2.75, 3.05) is 24.2 Å². The van der Waals surface area contributed by atoms with Gasteiger partial charge in [-0.15, -0.1) is 0 Å². The minimum Gasteiger partial charge on any atom is -0.397 e. The van der Waals surface area contributed by atoms with E-state index in [9.17, 15) is 5.11 Å². The molecule has 0 spiro atoms. The van der Waals surface area contributed by atoms with E-state index in [2.05, 4.69) is 10.3 Å². The summed E-state index contributed by atoms with van der Waals surface area (Å²) in [7, 11) is 0. The predicted molar refractivity (Wildman–Crippen MR) is 82.6 cm³/mol. The molecule has 4 heteroatoms. The zero-order chi connectivity index (χ0) is 14.0. The number of nitrogens with two attached hydrogens (primary N) is 1. The molecule has 3 rings (SSSR count). The van der Waals surface area contributed by atoms with E-state index in [0.717, 1.165) is 41.7 Å². The van der Waals surface area contributed by atoms with Gasteiger partial charge in [-0.3, -0.25) is 4.98 Å². The highest BCUT2D eigenvalue weighted by atomic mass is 16.3. The molecule has 1 aromatic heterocycles. The fourth-order valence-corrected chi connectivity index (χ4v) is 3.13. The van der Waals surface area contributed by atoms with Gasteiger partial charge >= 0.3 is 0 Å². The van der Waals surface area contributed by atoms with Gasteiger partial charge in [-0.1, -0.05) is 12.8 Å². The first-order chi connectivity index (χ1) is 9.74. The molecule has 2 aromatic rings. The van der Waals surface area contributed by atoms with E-state index in [0.29, 0.717) is 0 Å². The molecule has 1 aliphatic rings. The van der Waals surface area contributed by atoms with Gasteiger partial charge in [0, 0.05) is 23.5 Å². The number of hydrogen-bond acceptors (Lipinski definition) is 4. The number of fused-ring (bicyclic) bond motifs is 1. The maximum Gasteiger partial charge on any atom is 0.0724 e. The van der Waals surface area contributed by atoms with Gasteiger partial charge < -0.3 is 16.2 Å². The molecule has 1 aliphatic carbocycles. The molecule has 0 amide bonds. The molecule has 106 valence electrons. The molecule has 1 heterocycles. The van der Waals surface area contributed by atoms with Crippen LogP contribution in [0.4, 0.5) is 11.4 Å². The highest BCUT2D eigenvalue weighted by Gasteiger charge is 2.33. The number of aliphatic hydroxyl groups is 1. The fourth-order valence-electron chi connectivity index (χ4n) is 3.13. The zero-order valence-electron chi connectivity index (χ0n) is 11.6. The van der Waals surface area contributed by atoms with Crippen molar-refractivity contribution in [1.29, 1.82) is 0 Å². The standard InChI is InChI=1S/C16H21N3O/c17-15-12-4-3-9-18-13(12)5-6-14(15)19-10-16(11-20)7-1-2-8-16/h3-6,9,19-20H,1-2,7-8,10-11,17H2. The normalized spacial score (nSPS) is 17.4. The van der Waals surface area contributed by atoms with E-state index >= 15 is 0 Å². The summed E-state index contributed by atoms with van der Waals surface area (Å²) in [5.74, 6) is 0. The number of hydrogen-bond donors (Lipinski definition) is 3. The van der Waals surface area contributed by atoms with Crippen LogP contribution in [0.15, 0.2) is 30.5 Å². The van der Waals surface area contributed by atoms with Crippen LogP contribution in [0, 0.1) is 5.41 Å². The third kappa shape index (κ3) is 2.31. The molecule has 1 saturated carbocycles. The van der Waals surface area contributed by atoms with E-state index in [1.54, 1.807) is 6.20 Å². The summed E-state index contributed by atoms with van der Waals surface area (Å²) >= 11 is 0. The van der Waals surface area contributed by atoms with E-state index < -0.39 is 0 Å². The van der Waals surface area contributed by atoms with E-state index in [1.165, 1.54) is 12.8 Å². The second kappa shape index (κ2) is 5.29. The molecule has 1 aromatic carbocycles. The van der Waals surface area contributed by atoms with E-state index in [-0.39, 0.29) is 12.0 Å². The number of aromatic nitrogens is 1. The SMILES string of the molecule is Nc1c(NCC2(CO)CCCC2)ccc2ncccc12. The lowest BCUT2D eigenvalue weighted by molar-refractivity contribution is 0.142. The van der Waals surface area contributed by atoms with Crippen molar-refractivity contribution in [2.24, 2.45) is 5.41 Å². The third-order valence-electron chi connectivity index (χ3n) is 4.48. The molecular weight excluding hydrogens is 250 g/mol. The number of pyridine rings is 1. The predicted octanol–water partition coefficient (Wildman–Crippen LogP) is 2.78. The number of anilines is 2. The molecule has 0 unspecified atom stereocenters. The van der Waals surface area contributed by atoms with Crippen LogP contribution in [0.5, 0.6) is 0 Å². The quantitative estimate of drug-likeness (QED) is 0.748. The number of rotatable bonds is 4. The Balaban J connectivity index is 1.82. The lowest BCUT2D eigenvalue weighted by Gasteiger charge is -2.27. The molecule has 20 heavy (non-hydrogen) atoms. The Morgan fingerprint density at radius 1 is 1.25 bits per heavy atom. The maximum atomic E-state index is 9.65. The van der Waals surface area contributed by atoms with Crippen molar-refractivity contribution in [3.63, 3.8) is 0 Å². The molecule has 0 bridgehead atoms. The Morgan fingerprint density at radius 2 is 2.05 bits per heavy atom. The fraction of sp³-hybridized carbons (Fsp3) is 0.438. The van der Waals surface area contributed by atoms with Crippen LogP contribution < -0.4 is 11.1 Å². The van der Waals surface area contributed by atoms with Crippen molar-refractivity contribution in [3.05, 3.63) is 30.5 Å². The van der Waals surface area contributed by atoms with Crippen LogP contribution in [0.3, 0.4) is 0 Å². The monoisotopic (exact) mass is 271 g/mol. The van der Waals surface area contributed by atoms with Crippen molar-refractivity contribution in [2.45, 2.75) is 25.7 Å². The summed E-state index contributed by atoms with van der Waals surface area (Å²) in [5, 5.41) is 14.1. The number of aliphatic hydroxyl groups excluding tert-OH is 1. The Morgan fingerprint density at radius 3 is 2.80 bits per heavy atom. The van der Waals surface area contributed by atoms with Crippen LogP contribution in [0.1, 0.15) is 25.7 Å². The molecule has 0 aliphatic heterocycles.